The van der Waals surface area contributed by atoms with Gasteiger partial charge in [-0.05, 0) is 0 Å². The van der Waals surface area contributed by atoms with E-state index in [1.165, 1.54) is 0 Å². The van der Waals surface area contributed by atoms with E-state index in [9.17, 15) is 17.6 Å². The summed E-state index contributed by atoms with van der Waals surface area (Å²) in [5, 5.41) is 0. The molecule has 0 saturated carbocycles. The first-order valence-corrected chi connectivity index (χ1v) is 2.75. The van der Waals surface area contributed by atoms with E-state index in [0.717, 1.165) is 0 Å². The highest BCUT2D eigenvalue weighted by Crippen LogP contribution is 2.15. The lowest BCUT2D eigenvalue weighted by atomic mass is 10.1. The number of allylic oxidation sites excluding steroid dienone is 1. The first-order valence-electron chi connectivity index (χ1n) is 2.75. The zero-order valence-electron chi connectivity index (χ0n) is 5.29. The van der Waals surface area contributed by atoms with Crippen molar-refractivity contribution < 1.29 is 17.6 Å². The second-order valence-electron chi connectivity index (χ2n) is 1.94. The molecule has 10 heavy (non-hydrogen) atoms. The van der Waals surface area contributed by atoms with E-state index in [-0.39, 0.29) is 5.57 Å². The van der Waals surface area contributed by atoms with Crippen LogP contribution in [-0.2, 0) is 0 Å². The molecule has 0 saturated heterocycles. The molecule has 4 heteroatoms. The fraction of sp³-hybridized carbons (Fsp3) is 0.667. The molecule has 0 aliphatic carbocycles. The van der Waals surface area contributed by atoms with Crippen molar-refractivity contribution >= 4 is 0 Å². The fourth-order valence-electron chi connectivity index (χ4n) is 0.520. The average molecular weight is 156 g/mol. The van der Waals surface area contributed by atoms with Crippen molar-refractivity contribution in [2.75, 3.05) is 0 Å². The van der Waals surface area contributed by atoms with Gasteiger partial charge in [0.15, 0.2) is 0 Å². The zero-order chi connectivity index (χ0) is 8.15. The van der Waals surface area contributed by atoms with Crippen LogP contribution in [0.1, 0.15) is 12.8 Å². The quantitative estimate of drug-likeness (QED) is 0.433. The molecule has 0 aliphatic heterocycles. The lowest BCUT2D eigenvalue weighted by molar-refractivity contribution is 0.128. The van der Waals surface area contributed by atoms with Crippen LogP contribution in [0, 0.1) is 0 Å². The summed E-state index contributed by atoms with van der Waals surface area (Å²) in [5.74, 6) is 0. The minimum absolute atomic E-state index is 0.0926. The first kappa shape index (κ1) is 9.46. The van der Waals surface area contributed by atoms with Crippen molar-refractivity contribution in [2.24, 2.45) is 0 Å². The molecule has 0 bridgehead atoms. The van der Waals surface area contributed by atoms with E-state index in [4.69, 9.17) is 0 Å². The van der Waals surface area contributed by atoms with Crippen LogP contribution < -0.4 is 0 Å². The maximum atomic E-state index is 11.4. The number of rotatable bonds is 4. The third-order valence-electron chi connectivity index (χ3n) is 0.886. The van der Waals surface area contributed by atoms with Crippen LogP contribution >= 0.6 is 0 Å². The predicted octanol–water partition coefficient (Wildman–Crippen LogP) is 2.85. The van der Waals surface area contributed by atoms with Gasteiger partial charge < -0.3 is 0 Å². The van der Waals surface area contributed by atoms with Gasteiger partial charge in [-0.2, -0.15) is 0 Å². The summed E-state index contributed by atoms with van der Waals surface area (Å²) in [6.45, 7) is 3.08. The summed E-state index contributed by atoms with van der Waals surface area (Å²) in [6.07, 6.45) is -6.37. The molecule has 0 atom stereocenters. The Morgan fingerprint density at radius 3 is 1.50 bits per heavy atom. The van der Waals surface area contributed by atoms with E-state index in [1.807, 2.05) is 0 Å². The highest BCUT2D eigenvalue weighted by atomic mass is 19.3. The number of hydrogen-bond donors (Lipinski definition) is 0. The molecular formula is C6H8F4. The van der Waals surface area contributed by atoms with E-state index in [0.29, 0.717) is 0 Å². The molecule has 0 radical (unpaired) electrons. The highest BCUT2D eigenvalue weighted by Gasteiger charge is 2.09. The van der Waals surface area contributed by atoms with Crippen molar-refractivity contribution in [3.8, 4) is 0 Å². The number of halogens is 4. The van der Waals surface area contributed by atoms with Crippen molar-refractivity contribution in [1.82, 2.24) is 0 Å². The summed E-state index contributed by atoms with van der Waals surface area (Å²) >= 11 is 0. The summed E-state index contributed by atoms with van der Waals surface area (Å²) in [6, 6.07) is 0. The Labute approximate surface area is 56.5 Å². The van der Waals surface area contributed by atoms with Crippen LogP contribution in [0.4, 0.5) is 17.6 Å². The van der Waals surface area contributed by atoms with Gasteiger partial charge in [-0.1, -0.05) is 12.2 Å². The molecule has 0 aliphatic rings. The van der Waals surface area contributed by atoms with Gasteiger partial charge in [0, 0.05) is 12.8 Å². The van der Waals surface area contributed by atoms with Gasteiger partial charge in [-0.3, -0.25) is 0 Å². The monoisotopic (exact) mass is 156 g/mol. The molecule has 0 heterocycles. The molecular weight excluding hydrogens is 148 g/mol. The van der Waals surface area contributed by atoms with Gasteiger partial charge in [-0.25, -0.2) is 17.6 Å². The molecule has 0 amide bonds. The zero-order valence-corrected chi connectivity index (χ0v) is 5.29. The number of hydrogen-bond acceptors (Lipinski definition) is 0. The Hall–Kier alpha value is -0.540. The fourth-order valence-corrected chi connectivity index (χ4v) is 0.520. The molecule has 0 rings (SSSR count). The van der Waals surface area contributed by atoms with E-state index in [1.54, 1.807) is 0 Å². The Balaban J connectivity index is 3.44. The Bertz CT molecular complexity index is 96.3. The third-order valence-corrected chi connectivity index (χ3v) is 0.886. The Morgan fingerprint density at radius 1 is 1.00 bits per heavy atom. The van der Waals surface area contributed by atoms with Crippen LogP contribution in [0.15, 0.2) is 12.2 Å². The lowest BCUT2D eigenvalue weighted by Crippen LogP contribution is -1.98. The lowest BCUT2D eigenvalue weighted by Gasteiger charge is -2.02. The molecule has 0 fully saturated rings. The highest BCUT2D eigenvalue weighted by molar-refractivity contribution is 4.95. The average Bonchev–Trinajstić information content (AvgIpc) is 1.58. The molecule has 0 spiro atoms. The molecule has 0 nitrogen and oxygen atoms in total. The molecule has 0 N–H and O–H groups in total. The van der Waals surface area contributed by atoms with Gasteiger partial charge in [0.2, 0.25) is 12.9 Å². The predicted molar refractivity (Wildman–Crippen MR) is 30.4 cm³/mol. The van der Waals surface area contributed by atoms with Gasteiger partial charge in [0.1, 0.15) is 0 Å². The van der Waals surface area contributed by atoms with Crippen LogP contribution in [0.2, 0.25) is 0 Å². The molecule has 60 valence electrons. The summed E-state index contributed by atoms with van der Waals surface area (Å²) in [4.78, 5) is 0. The smallest absolute Gasteiger partial charge is 0.210 e. The van der Waals surface area contributed by atoms with Gasteiger partial charge in [0.25, 0.3) is 0 Å². The van der Waals surface area contributed by atoms with Crippen molar-refractivity contribution in [3.05, 3.63) is 12.2 Å². The third kappa shape index (κ3) is 5.59. The summed E-state index contributed by atoms with van der Waals surface area (Å²) in [7, 11) is 0. The van der Waals surface area contributed by atoms with Crippen LogP contribution in [0.5, 0.6) is 0 Å². The maximum Gasteiger partial charge on any atom is 0.242 e. The second-order valence-corrected chi connectivity index (χ2v) is 1.94. The standard InChI is InChI=1S/C6H8F4/c1-4(2-5(7)8)3-6(9)10/h5-6H,1-3H2. The van der Waals surface area contributed by atoms with E-state index >= 15 is 0 Å². The first-order chi connectivity index (χ1) is 4.52. The Morgan fingerprint density at radius 2 is 1.30 bits per heavy atom. The van der Waals surface area contributed by atoms with Gasteiger partial charge in [-0.15, -0.1) is 0 Å². The molecule has 0 aromatic heterocycles. The molecule has 0 aromatic carbocycles. The SMILES string of the molecule is C=C(CC(F)F)CC(F)F. The van der Waals surface area contributed by atoms with Crippen molar-refractivity contribution in [3.63, 3.8) is 0 Å². The Kier molecular flexibility index (Phi) is 4.07. The number of alkyl halides is 4. The van der Waals surface area contributed by atoms with Crippen LogP contribution in [0.3, 0.4) is 0 Å². The molecule has 0 unspecified atom stereocenters. The van der Waals surface area contributed by atoms with Crippen molar-refractivity contribution in [1.29, 1.82) is 0 Å². The van der Waals surface area contributed by atoms with E-state index < -0.39 is 25.7 Å². The molecule has 0 aromatic rings. The topological polar surface area (TPSA) is 0 Å². The minimum Gasteiger partial charge on any atom is -0.210 e. The van der Waals surface area contributed by atoms with Crippen LogP contribution in [-0.4, -0.2) is 12.9 Å². The maximum absolute atomic E-state index is 11.4. The largest absolute Gasteiger partial charge is 0.242 e. The normalized spacial score (nSPS) is 11.0. The van der Waals surface area contributed by atoms with Gasteiger partial charge >= 0.3 is 0 Å². The summed E-state index contributed by atoms with van der Waals surface area (Å²) in [5.41, 5.74) is -0.0926. The van der Waals surface area contributed by atoms with E-state index in [2.05, 4.69) is 6.58 Å². The summed E-state index contributed by atoms with van der Waals surface area (Å²) < 4.78 is 45.7. The van der Waals surface area contributed by atoms with Crippen molar-refractivity contribution in [2.45, 2.75) is 25.7 Å². The van der Waals surface area contributed by atoms with Gasteiger partial charge in [0.05, 0.1) is 0 Å². The second kappa shape index (κ2) is 4.30. The minimum atomic E-state index is -2.56. The van der Waals surface area contributed by atoms with Crippen LogP contribution in [0.25, 0.3) is 0 Å².